The van der Waals surface area contributed by atoms with Gasteiger partial charge in [-0.05, 0) is 18.2 Å². The molecule has 0 bridgehead atoms. The fourth-order valence-corrected chi connectivity index (χ4v) is 4.49. The fraction of sp³-hybridized carbons (Fsp3) is 0.320. The fourth-order valence-electron chi connectivity index (χ4n) is 4.49. The highest BCUT2D eigenvalue weighted by Gasteiger charge is 2.24. The highest BCUT2D eigenvalue weighted by Crippen LogP contribution is 2.24. The van der Waals surface area contributed by atoms with Gasteiger partial charge in [0.25, 0.3) is 17.9 Å². The summed E-state index contributed by atoms with van der Waals surface area (Å²) in [6.45, 7) is 1.99. The molecule has 1 saturated heterocycles. The van der Waals surface area contributed by atoms with E-state index >= 15 is 4.39 Å². The van der Waals surface area contributed by atoms with Crippen LogP contribution in [-0.2, 0) is 13.6 Å². The molecule has 0 saturated carbocycles. The molecule has 5 rings (SSSR count). The minimum Gasteiger partial charge on any atom is -0.365 e. The molecular weight excluding hydrogens is 520 g/mol. The molecule has 1 N–H and O–H groups in total. The zero-order valence-corrected chi connectivity index (χ0v) is 21.0. The maximum absolute atomic E-state index is 15.1. The van der Waals surface area contributed by atoms with Crippen LogP contribution in [0.15, 0.2) is 41.5 Å². The standard InChI is InChI=1S/C25H24F4N8O2/c1-34-13-15(11-30-34)35(2)25(39)17-5-6-18(23(29)32-17)37-9-7-36(8-10-37)12-14-3-4-16-20(19(14)26)33-24(38)21(31-16)22(27)28/h3-6,11,13,22H,7-10,12H2,1-2H3,(H,33,38). The average Bonchev–Trinajstić information content (AvgIpc) is 3.36. The molecule has 4 heterocycles. The van der Waals surface area contributed by atoms with Crippen LogP contribution in [0.4, 0.5) is 28.9 Å². The van der Waals surface area contributed by atoms with Gasteiger partial charge in [0, 0.05) is 58.6 Å². The number of carbonyl (C=O) groups excluding carboxylic acids is 1. The number of aromatic amines is 1. The number of aryl methyl sites for hydroxylation is 1. The number of rotatable bonds is 6. The van der Waals surface area contributed by atoms with Gasteiger partial charge in [-0.2, -0.15) is 9.49 Å². The predicted molar refractivity (Wildman–Crippen MR) is 135 cm³/mol. The van der Waals surface area contributed by atoms with Crippen molar-refractivity contribution in [3.05, 3.63) is 75.7 Å². The van der Waals surface area contributed by atoms with Gasteiger partial charge in [-0.15, -0.1) is 0 Å². The van der Waals surface area contributed by atoms with Crippen LogP contribution in [-0.4, -0.2) is 68.8 Å². The Kier molecular flexibility index (Phi) is 7.04. The van der Waals surface area contributed by atoms with E-state index in [1.807, 2.05) is 4.90 Å². The summed E-state index contributed by atoms with van der Waals surface area (Å²) in [6, 6.07) is 5.83. The molecule has 0 atom stereocenters. The average molecular weight is 545 g/mol. The van der Waals surface area contributed by atoms with Crippen molar-refractivity contribution in [2.45, 2.75) is 13.0 Å². The number of carbonyl (C=O) groups is 1. The topological polar surface area (TPSA) is 103 Å². The number of hydrogen-bond acceptors (Lipinski definition) is 7. The van der Waals surface area contributed by atoms with Gasteiger partial charge >= 0.3 is 0 Å². The Morgan fingerprint density at radius 1 is 1.10 bits per heavy atom. The number of fused-ring (bicyclic) bond motifs is 1. The van der Waals surface area contributed by atoms with Crippen molar-refractivity contribution in [1.82, 2.24) is 29.6 Å². The third-order valence-electron chi connectivity index (χ3n) is 6.66. The number of alkyl halides is 2. The van der Waals surface area contributed by atoms with Gasteiger partial charge in [-0.1, -0.05) is 6.07 Å². The van der Waals surface area contributed by atoms with Crippen molar-refractivity contribution in [2.75, 3.05) is 43.0 Å². The lowest BCUT2D eigenvalue weighted by Gasteiger charge is -2.36. The number of aromatic nitrogens is 5. The van der Waals surface area contributed by atoms with Gasteiger partial charge in [0.15, 0.2) is 11.5 Å². The van der Waals surface area contributed by atoms with Crippen LogP contribution < -0.4 is 15.4 Å². The minimum absolute atomic E-state index is 0.0405. The largest absolute Gasteiger partial charge is 0.365 e. The second-order valence-electron chi connectivity index (χ2n) is 9.19. The second kappa shape index (κ2) is 10.4. The third-order valence-corrected chi connectivity index (χ3v) is 6.66. The first kappa shape index (κ1) is 26.3. The van der Waals surface area contributed by atoms with Crippen LogP contribution in [0, 0.1) is 11.8 Å². The van der Waals surface area contributed by atoms with Gasteiger partial charge < -0.3 is 14.8 Å². The minimum atomic E-state index is -3.07. The van der Waals surface area contributed by atoms with Gasteiger partial charge in [0.1, 0.15) is 11.2 Å². The van der Waals surface area contributed by atoms with Crippen molar-refractivity contribution < 1.29 is 22.4 Å². The molecule has 4 aromatic rings. The SMILES string of the molecule is CN(C(=O)c1ccc(N2CCN(Cc3ccc4nc(C(F)F)c(=O)[nH]c4c3F)CC2)c(F)n1)c1cnn(C)c1. The Morgan fingerprint density at radius 2 is 1.85 bits per heavy atom. The van der Waals surface area contributed by atoms with Crippen LogP contribution in [0.2, 0.25) is 0 Å². The molecule has 0 radical (unpaired) electrons. The molecule has 0 unspecified atom stereocenters. The van der Waals surface area contributed by atoms with Crippen molar-refractivity contribution in [2.24, 2.45) is 7.05 Å². The molecule has 10 nitrogen and oxygen atoms in total. The molecule has 0 spiro atoms. The second-order valence-corrected chi connectivity index (χ2v) is 9.19. The van der Waals surface area contributed by atoms with Gasteiger partial charge in [0.05, 0.1) is 23.1 Å². The van der Waals surface area contributed by atoms with Crippen LogP contribution in [0.5, 0.6) is 0 Å². The zero-order valence-electron chi connectivity index (χ0n) is 21.0. The number of H-pyrrole nitrogens is 1. The van der Waals surface area contributed by atoms with Crippen LogP contribution in [0.25, 0.3) is 11.0 Å². The molecule has 1 fully saturated rings. The van der Waals surface area contributed by atoms with Crippen LogP contribution in [0.3, 0.4) is 0 Å². The summed E-state index contributed by atoms with van der Waals surface area (Å²) in [5, 5.41) is 4.02. The molecular formula is C25H24F4N8O2. The Morgan fingerprint density at radius 3 is 2.49 bits per heavy atom. The summed E-state index contributed by atoms with van der Waals surface area (Å²) < 4.78 is 57.4. The molecule has 39 heavy (non-hydrogen) atoms. The van der Waals surface area contributed by atoms with E-state index in [9.17, 15) is 22.8 Å². The first-order valence-electron chi connectivity index (χ1n) is 12.0. The third kappa shape index (κ3) is 5.19. The van der Waals surface area contributed by atoms with Gasteiger partial charge in [-0.25, -0.2) is 23.1 Å². The number of pyridine rings is 1. The van der Waals surface area contributed by atoms with E-state index in [4.69, 9.17) is 0 Å². The predicted octanol–water partition coefficient (Wildman–Crippen LogP) is 2.87. The summed E-state index contributed by atoms with van der Waals surface area (Å²) in [5.41, 5.74) is -1.34. The molecule has 204 valence electrons. The normalized spacial score (nSPS) is 14.4. The lowest BCUT2D eigenvalue weighted by atomic mass is 10.1. The maximum atomic E-state index is 15.1. The lowest BCUT2D eigenvalue weighted by molar-refractivity contribution is 0.0987. The quantitative estimate of drug-likeness (QED) is 0.294. The van der Waals surface area contributed by atoms with E-state index in [-0.39, 0.29) is 34.5 Å². The zero-order chi connectivity index (χ0) is 27.8. The smallest absolute Gasteiger partial charge is 0.285 e. The summed E-state index contributed by atoms with van der Waals surface area (Å²) in [6.07, 6.45) is 0.110. The highest BCUT2D eigenvalue weighted by molar-refractivity contribution is 6.04. The highest BCUT2D eigenvalue weighted by atomic mass is 19.3. The number of nitrogens with one attached hydrogen (secondary N) is 1. The number of benzene rings is 1. The first-order valence-corrected chi connectivity index (χ1v) is 12.0. The molecule has 1 aliphatic heterocycles. The Labute approximate surface area is 219 Å². The van der Waals surface area contributed by atoms with Crippen LogP contribution in [0.1, 0.15) is 28.2 Å². The number of piperazine rings is 1. The number of halogens is 4. The van der Waals surface area contributed by atoms with E-state index < -0.39 is 35.4 Å². The molecule has 1 amide bonds. The molecule has 1 aliphatic rings. The van der Waals surface area contributed by atoms with Crippen molar-refractivity contribution in [3.8, 4) is 0 Å². The number of nitrogens with zero attached hydrogens (tertiary/aromatic N) is 7. The van der Waals surface area contributed by atoms with Crippen LogP contribution >= 0.6 is 0 Å². The molecule has 1 aromatic carbocycles. The molecule has 3 aromatic heterocycles. The Hall–Kier alpha value is -4.33. The van der Waals surface area contributed by atoms with Gasteiger partial charge in [-0.3, -0.25) is 19.2 Å². The number of amides is 1. The van der Waals surface area contributed by atoms with E-state index in [0.717, 1.165) is 0 Å². The van der Waals surface area contributed by atoms with Gasteiger partial charge in [0.2, 0.25) is 5.95 Å². The monoisotopic (exact) mass is 544 g/mol. The van der Waals surface area contributed by atoms with Crippen molar-refractivity contribution >= 4 is 28.3 Å². The van der Waals surface area contributed by atoms with Crippen molar-refractivity contribution in [1.29, 1.82) is 0 Å². The molecule has 0 aliphatic carbocycles. The van der Waals surface area contributed by atoms with E-state index in [2.05, 4.69) is 20.1 Å². The Balaban J connectivity index is 1.24. The van der Waals surface area contributed by atoms with E-state index in [1.165, 1.54) is 35.4 Å². The summed E-state index contributed by atoms with van der Waals surface area (Å²) in [7, 11) is 3.28. The summed E-state index contributed by atoms with van der Waals surface area (Å²) in [5.74, 6) is -1.97. The lowest BCUT2D eigenvalue weighted by Crippen LogP contribution is -2.46. The Bertz CT molecular complexity index is 1600. The van der Waals surface area contributed by atoms with Crippen molar-refractivity contribution in [3.63, 3.8) is 0 Å². The molecule has 14 heteroatoms. The van der Waals surface area contributed by atoms with E-state index in [1.54, 1.807) is 29.9 Å². The summed E-state index contributed by atoms with van der Waals surface area (Å²) >= 11 is 0. The number of hydrogen-bond donors (Lipinski definition) is 1. The first-order chi connectivity index (χ1) is 18.6. The summed E-state index contributed by atoms with van der Waals surface area (Å²) in [4.78, 5) is 39.3. The maximum Gasteiger partial charge on any atom is 0.285 e. The number of anilines is 2. The van der Waals surface area contributed by atoms with E-state index in [0.29, 0.717) is 31.9 Å².